The van der Waals surface area contributed by atoms with Crippen LogP contribution in [0.2, 0.25) is 5.02 Å². The van der Waals surface area contributed by atoms with E-state index in [1.807, 2.05) is 0 Å². The molecule has 0 bridgehead atoms. The number of aromatic nitrogens is 3. The number of fused-ring (bicyclic) bond motifs is 1. The number of carbonyl (C=O) groups excluding carboxylic acids is 1. The minimum absolute atomic E-state index is 0.102. The fourth-order valence-corrected chi connectivity index (χ4v) is 2.83. The summed E-state index contributed by atoms with van der Waals surface area (Å²) < 4.78 is 17.0. The molecule has 9 heteroatoms. The monoisotopic (exact) mass is 364 g/mol. The number of carbonyl (C=O) groups is 1. The van der Waals surface area contributed by atoms with Crippen LogP contribution >= 0.6 is 11.6 Å². The van der Waals surface area contributed by atoms with Gasteiger partial charge in [0.1, 0.15) is 18.0 Å². The van der Waals surface area contributed by atoms with E-state index in [0.29, 0.717) is 16.7 Å². The molecule has 1 amide bonds. The van der Waals surface area contributed by atoms with E-state index in [4.69, 9.17) is 11.6 Å². The molecule has 2 heterocycles. The van der Waals surface area contributed by atoms with Crippen molar-refractivity contribution in [3.05, 3.63) is 62.1 Å². The van der Waals surface area contributed by atoms with Gasteiger partial charge in [0.15, 0.2) is 0 Å². The third-order valence-corrected chi connectivity index (χ3v) is 4.17. The average Bonchev–Trinajstić information content (AvgIpc) is 2.98. The van der Waals surface area contributed by atoms with Crippen LogP contribution in [-0.4, -0.2) is 19.6 Å². The molecule has 2 aromatic heterocycles. The van der Waals surface area contributed by atoms with Gasteiger partial charge in [-0.2, -0.15) is 0 Å². The van der Waals surface area contributed by atoms with Crippen molar-refractivity contribution in [2.75, 3.05) is 5.32 Å². The van der Waals surface area contributed by atoms with Crippen LogP contribution in [0.4, 0.5) is 10.1 Å². The largest absolute Gasteiger partial charge is 0.332 e. The van der Waals surface area contributed by atoms with E-state index >= 15 is 0 Å². The van der Waals surface area contributed by atoms with Gasteiger partial charge in [0.05, 0.1) is 10.4 Å². The number of rotatable bonds is 3. The molecule has 3 aromatic rings. The zero-order valence-corrected chi connectivity index (χ0v) is 14.2. The first-order valence-corrected chi connectivity index (χ1v) is 7.67. The van der Waals surface area contributed by atoms with Crippen molar-refractivity contribution in [1.82, 2.24) is 13.7 Å². The number of hydrogen-bond acceptors (Lipinski definition) is 3. The molecule has 0 saturated carbocycles. The highest BCUT2D eigenvalue weighted by Gasteiger charge is 2.14. The molecule has 0 saturated heterocycles. The summed E-state index contributed by atoms with van der Waals surface area (Å²) in [5.41, 5.74) is -0.219. The van der Waals surface area contributed by atoms with Crippen molar-refractivity contribution in [1.29, 1.82) is 0 Å². The molecule has 0 aliphatic heterocycles. The Bertz CT molecular complexity index is 1110. The highest BCUT2D eigenvalue weighted by molar-refractivity contribution is 6.31. The predicted octanol–water partition coefficient (Wildman–Crippen LogP) is 1.47. The number of hydrogen-bond donors (Lipinski definition) is 1. The average molecular weight is 365 g/mol. The molecule has 0 aliphatic rings. The Balaban J connectivity index is 1.93. The highest BCUT2D eigenvalue weighted by Crippen LogP contribution is 2.19. The number of nitrogens with zero attached hydrogens (tertiary/aromatic N) is 3. The lowest BCUT2D eigenvalue weighted by Crippen LogP contribution is -2.37. The molecule has 25 heavy (non-hydrogen) atoms. The fraction of sp³-hybridized carbons (Fsp3) is 0.188. The number of aryl methyl sites for hydroxylation is 1. The van der Waals surface area contributed by atoms with Crippen LogP contribution in [0.5, 0.6) is 0 Å². The topological polar surface area (TPSA) is 78.0 Å². The Morgan fingerprint density at radius 2 is 1.92 bits per heavy atom. The van der Waals surface area contributed by atoms with Crippen molar-refractivity contribution in [2.45, 2.75) is 6.54 Å². The summed E-state index contributed by atoms with van der Waals surface area (Å²) in [6.07, 6.45) is 1.56. The SMILES string of the molecule is Cn1c(=O)c2ccn(CC(=O)Nc3ccc(F)c(Cl)c3)c2n(C)c1=O. The van der Waals surface area contributed by atoms with E-state index in [9.17, 15) is 18.8 Å². The van der Waals surface area contributed by atoms with Gasteiger partial charge in [0, 0.05) is 26.0 Å². The number of amides is 1. The van der Waals surface area contributed by atoms with Gasteiger partial charge in [0.25, 0.3) is 5.56 Å². The zero-order valence-electron chi connectivity index (χ0n) is 13.4. The first kappa shape index (κ1) is 17.0. The summed E-state index contributed by atoms with van der Waals surface area (Å²) in [6, 6.07) is 5.39. The van der Waals surface area contributed by atoms with Crippen LogP contribution in [0.15, 0.2) is 40.1 Å². The van der Waals surface area contributed by atoms with Crippen LogP contribution in [-0.2, 0) is 25.4 Å². The van der Waals surface area contributed by atoms with E-state index in [2.05, 4.69) is 5.32 Å². The van der Waals surface area contributed by atoms with Crippen LogP contribution in [0.25, 0.3) is 11.0 Å². The van der Waals surface area contributed by atoms with E-state index in [-0.39, 0.29) is 11.6 Å². The fourth-order valence-electron chi connectivity index (χ4n) is 2.64. The maximum absolute atomic E-state index is 13.2. The minimum Gasteiger partial charge on any atom is -0.324 e. The van der Waals surface area contributed by atoms with E-state index in [0.717, 1.165) is 10.6 Å². The summed E-state index contributed by atoms with van der Waals surface area (Å²) in [5.74, 6) is -0.991. The summed E-state index contributed by atoms with van der Waals surface area (Å²) in [4.78, 5) is 36.4. The molecule has 0 radical (unpaired) electrons. The summed E-state index contributed by atoms with van der Waals surface area (Å²) in [5, 5.41) is 2.83. The third kappa shape index (κ3) is 2.96. The quantitative estimate of drug-likeness (QED) is 0.764. The van der Waals surface area contributed by atoms with Crippen molar-refractivity contribution in [3.8, 4) is 0 Å². The van der Waals surface area contributed by atoms with Gasteiger partial charge in [-0.1, -0.05) is 11.6 Å². The normalized spacial score (nSPS) is 11.0. The van der Waals surface area contributed by atoms with Gasteiger partial charge in [-0.15, -0.1) is 0 Å². The standard InChI is InChI=1S/C16H14ClFN4O3/c1-20-14-10(15(24)21(2)16(20)25)5-6-22(14)8-13(23)19-9-3-4-12(18)11(17)7-9/h3-7H,8H2,1-2H3,(H,19,23). The van der Waals surface area contributed by atoms with E-state index in [1.54, 1.807) is 12.3 Å². The molecule has 0 atom stereocenters. The van der Waals surface area contributed by atoms with Crippen molar-refractivity contribution < 1.29 is 9.18 Å². The molecule has 0 fully saturated rings. The third-order valence-electron chi connectivity index (χ3n) is 3.88. The molecule has 0 aliphatic carbocycles. The van der Waals surface area contributed by atoms with Gasteiger partial charge in [-0.25, -0.2) is 9.18 Å². The highest BCUT2D eigenvalue weighted by atomic mass is 35.5. The van der Waals surface area contributed by atoms with Gasteiger partial charge in [-0.3, -0.25) is 18.7 Å². The molecule has 0 unspecified atom stereocenters. The molecule has 7 nitrogen and oxygen atoms in total. The smallest absolute Gasteiger partial charge is 0.324 e. The summed E-state index contributed by atoms with van der Waals surface area (Å²) in [6.45, 7) is -0.126. The zero-order chi connectivity index (χ0) is 18.3. The summed E-state index contributed by atoms with van der Waals surface area (Å²) in [7, 11) is 2.92. The molecule has 3 rings (SSSR count). The summed E-state index contributed by atoms with van der Waals surface area (Å²) >= 11 is 5.68. The number of benzene rings is 1. The molecule has 130 valence electrons. The van der Waals surface area contributed by atoms with Gasteiger partial charge < -0.3 is 9.88 Å². The maximum Gasteiger partial charge on any atom is 0.332 e. The Labute approximate surface area is 145 Å². The van der Waals surface area contributed by atoms with Gasteiger partial charge >= 0.3 is 5.69 Å². The maximum atomic E-state index is 13.2. The Hall–Kier alpha value is -2.87. The molecule has 1 N–H and O–H groups in total. The Morgan fingerprint density at radius 1 is 1.20 bits per heavy atom. The van der Waals surface area contributed by atoms with Crippen molar-refractivity contribution in [2.24, 2.45) is 14.1 Å². The lowest BCUT2D eigenvalue weighted by molar-refractivity contribution is -0.116. The minimum atomic E-state index is -0.582. The van der Waals surface area contributed by atoms with Crippen LogP contribution < -0.4 is 16.6 Å². The molecular formula is C16H14ClFN4O3. The second-order valence-electron chi connectivity index (χ2n) is 5.56. The van der Waals surface area contributed by atoms with Crippen LogP contribution in [0.3, 0.4) is 0 Å². The first-order chi connectivity index (χ1) is 11.8. The molecular weight excluding hydrogens is 351 g/mol. The van der Waals surface area contributed by atoms with Crippen LogP contribution in [0.1, 0.15) is 0 Å². The number of anilines is 1. The van der Waals surface area contributed by atoms with Crippen molar-refractivity contribution in [3.63, 3.8) is 0 Å². The first-order valence-electron chi connectivity index (χ1n) is 7.29. The second-order valence-corrected chi connectivity index (χ2v) is 5.97. The number of halogens is 2. The van der Waals surface area contributed by atoms with Crippen molar-refractivity contribution >= 4 is 34.2 Å². The van der Waals surface area contributed by atoms with Gasteiger partial charge in [0.2, 0.25) is 5.91 Å². The van der Waals surface area contributed by atoms with E-state index < -0.39 is 23.0 Å². The Kier molecular flexibility index (Phi) is 4.22. The van der Waals surface area contributed by atoms with E-state index in [1.165, 1.54) is 35.4 Å². The predicted molar refractivity (Wildman–Crippen MR) is 92.5 cm³/mol. The molecule has 1 aromatic carbocycles. The lowest BCUT2D eigenvalue weighted by atomic mass is 10.3. The van der Waals surface area contributed by atoms with Crippen LogP contribution in [0, 0.1) is 5.82 Å². The van der Waals surface area contributed by atoms with Gasteiger partial charge in [-0.05, 0) is 24.3 Å². The number of nitrogens with one attached hydrogen (secondary N) is 1. The lowest BCUT2D eigenvalue weighted by Gasteiger charge is -2.10. The Morgan fingerprint density at radius 3 is 2.60 bits per heavy atom. The second kappa shape index (κ2) is 6.21. The molecule has 0 spiro atoms.